The Morgan fingerprint density at radius 1 is 1.50 bits per heavy atom. The van der Waals surface area contributed by atoms with E-state index in [1.165, 1.54) is 12.8 Å². The van der Waals surface area contributed by atoms with Crippen LogP contribution in [-0.4, -0.2) is 18.7 Å². The monoisotopic (exact) mass is 220 g/mol. The number of anilines is 1. The molecule has 1 saturated heterocycles. The van der Waals surface area contributed by atoms with Crippen LogP contribution in [0, 0.1) is 0 Å². The van der Waals surface area contributed by atoms with Crippen molar-refractivity contribution in [3.8, 4) is 0 Å². The number of ether oxygens (including phenoxy) is 1. The van der Waals surface area contributed by atoms with Gasteiger partial charge in [0.1, 0.15) is 0 Å². The van der Waals surface area contributed by atoms with E-state index >= 15 is 0 Å². The molecule has 16 heavy (non-hydrogen) atoms. The molecule has 1 fully saturated rings. The molecule has 0 bridgehead atoms. The van der Waals surface area contributed by atoms with Crippen LogP contribution in [0.3, 0.4) is 0 Å². The molecule has 2 rings (SSSR count). The average Bonchev–Trinajstić information content (AvgIpc) is 2.65. The zero-order valence-corrected chi connectivity index (χ0v) is 9.83. The van der Waals surface area contributed by atoms with Crippen molar-refractivity contribution in [3.63, 3.8) is 0 Å². The first-order valence-electron chi connectivity index (χ1n) is 5.85. The number of hydrogen-bond donors (Lipinski definition) is 2. The number of rotatable bonds is 4. The van der Waals surface area contributed by atoms with Crippen molar-refractivity contribution < 1.29 is 4.74 Å². The van der Waals surface area contributed by atoms with Gasteiger partial charge in [0, 0.05) is 11.2 Å². The van der Waals surface area contributed by atoms with Crippen LogP contribution in [0.4, 0.5) is 5.69 Å². The summed E-state index contributed by atoms with van der Waals surface area (Å²) in [6.45, 7) is 4.74. The number of nitrogens with one attached hydrogen (secondary N) is 1. The van der Waals surface area contributed by atoms with Gasteiger partial charge in [-0.2, -0.15) is 0 Å². The third-order valence-corrected chi connectivity index (χ3v) is 3.10. The van der Waals surface area contributed by atoms with Gasteiger partial charge < -0.3 is 15.8 Å². The first-order valence-corrected chi connectivity index (χ1v) is 5.85. The maximum Gasteiger partial charge on any atom is 0.0718 e. The largest absolute Gasteiger partial charge is 0.399 e. The Kier molecular flexibility index (Phi) is 3.46. The highest BCUT2D eigenvalue weighted by atomic mass is 16.5. The summed E-state index contributed by atoms with van der Waals surface area (Å²) in [4.78, 5) is 0. The van der Waals surface area contributed by atoms with Crippen LogP contribution in [0.2, 0.25) is 0 Å². The van der Waals surface area contributed by atoms with E-state index < -0.39 is 0 Å². The highest BCUT2D eigenvalue weighted by molar-refractivity contribution is 5.40. The Morgan fingerprint density at radius 2 is 2.38 bits per heavy atom. The molecule has 1 atom stereocenters. The van der Waals surface area contributed by atoms with Gasteiger partial charge in [0.15, 0.2) is 0 Å². The SMILES string of the molecule is C[C@@]1(COCc2cccc(N)c2)CCCN1. The molecule has 0 radical (unpaired) electrons. The van der Waals surface area contributed by atoms with E-state index in [4.69, 9.17) is 10.5 Å². The summed E-state index contributed by atoms with van der Waals surface area (Å²) >= 11 is 0. The van der Waals surface area contributed by atoms with Crippen molar-refractivity contribution in [3.05, 3.63) is 29.8 Å². The van der Waals surface area contributed by atoms with Gasteiger partial charge in [-0.1, -0.05) is 12.1 Å². The standard InChI is InChI=1S/C13H20N2O/c1-13(6-3-7-15-13)10-16-9-11-4-2-5-12(14)8-11/h2,4-5,8,15H,3,6-7,9-10,14H2,1H3/t13-/m0/s1. The minimum atomic E-state index is 0.167. The van der Waals surface area contributed by atoms with Gasteiger partial charge in [-0.3, -0.25) is 0 Å². The third kappa shape index (κ3) is 2.97. The molecule has 3 heteroatoms. The Bertz CT molecular complexity index is 346. The van der Waals surface area contributed by atoms with Gasteiger partial charge in [-0.05, 0) is 44.0 Å². The van der Waals surface area contributed by atoms with E-state index in [1.807, 2.05) is 24.3 Å². The molecule has 1 aliphatic heterocycles. The topological polar surface area (TPSA) is 47.3 Å². The highest BCUT2D eigenvalue weighted by Crippen LogP contribution is 2.19. The minimum Gasteiger partial charge on any atom is -0.399 e. The summed E-state index contributed by atoms with van der Waals surface area (Å²) in [6.07, 6.45) is 2.45. The number of nitrogens with two attached hydrogens (primary N) is 1. The first kappa shape index (κ1) is 11.4. The molecule has 1 aliphatic rings. The van der Waals surface area contributed by atoms with Crippen LogP contribution in [0.15, 0.2) is 24.3 Å². The highest BCUT2D eigenvalue weighted by Gasteiger charge is 2.27. The molecule has 0 amide bonds. The van der Waals surface area contributed by atoms with Crippen molar-refractivity contribution in [2.45, 2.75) is 31.9 Å². The molecule has 1 heterocycles. The van der Waals surface area contributed by atoms with Gasteiger partial charge in [0.25, 0.3) is 0 Å². The van der Waals surface area contributed by atoms with Gasteiger partial charge >= 0.3 is 0 Å². The molecule has 0 spiro atoms. The summed E-state index contributed by atoms with van der Waals surface area (Å²) in [5.41, 5.74) is 7.82. The fraction of sp³-hybridized carbons (Fsp3) is 0.538. The smallest absolute Gasteiger partial charge is 0.0718 e. The molecule has 0 saturated carbocycles. The van der Waals surface area contributed by atoms with Crippen molar-refractivity contribution in [2.75, 3.05) is 18.9 Å². The number of nitrogen functional groups attached to an aromatic ring is 1. The Morgan fingerprint density at radius 3 is 3.06 bits per heavy atom. The summed E-state index contributed by atoms with van der Waals surface area (Å²) < 4.78 is 5.74. The molecule has 1 aromatic rings. The summed E-state index contributed by atoms with van der Waals surface area (Å²) in [6, 6.07) is 7.86. The molecule has 0 unspecified atom stereocenters. The predicted molar refractivity (Wildman–Crippen MR) is 66.2 cm³/mol. The zero-order chi connectivity index (χ0) is 11.4. The lowest BCUT2D eigenvalue weighted by atomic mass is 10.0. The van der Waals surface area contributed by atoms with Crippen molar-refractivity contribution in [1.82, 2.24) is 5.32 Å². The lowest BCUT2D eigenvalue weighted by molar-refractivity contribution is 0.0717. The molecule has 1 aromatic carbocycles. The molecule has 0 aromatic heterocycles. The normalized spacial score (nSPS) is 24.8. The minimum absolute atomic E-state index is 0.167. The fourth-order valence-corrected chi connectivity index (χ4v) is 2.16. The second-order valence-electron chi connectivity index (χ2n) is 4.83. The van der Waals surface area contributed by atoms with Crippen LogP contribution in [0.1, 0.15) is 25.3 Å². The summed E-state index contributed by atoms with van der Waals surface area (Å²) in [7, 11) is 0. The predicted octanol–water partition coefficient (Wildman–Crippen LogP) is 1.93. The molecule has 3 N–H and O–H groups in total. The molecule has 88 valence electrons. The first-order chi connectivity index (χ1) is 7.68. The second-order valence-corrected chi connectivity index (χ2v) is 4.83. The van der Waals surface area contributed by atoms with Crippen LogP contribution in [0.25, 0.3) is 0 Å². The van der Waals surface area contributed by atoms with Gasteiger partial charge in [-0.25, -0.2) is 0 Å². The maximum absolute atomic E-state index is 5.74. The van der Waals surface area contributed by atoms with E-state index in [2.05, 4.69) is 12.2 Å². The van der Waals surface area contributed by atoms with E-state index in [0.717, 1.165) is 24.4 Å². The van der Waals surface area contributed by atoms with Crippen molar-refractivity contribution in [1.29, 1.82) is 0 Å². The van der Waals surface area contributed by atoms with Crippen molar-refractivity contribution >= 4 is 5.69 Å². The van der Waals surface area contributed by atoms with Crippen LogP contribution in [-0.2, 0) is 11.3 Å². The van der Waals surface area contributed by atoms with E-state index in [0.29, 0.717) is 6.61 Å². The third-order valence-electron chi connectivity index (χ3n) is 3.10. The Labute approximate surface area is 97.0 Å². The molecule has 3 nitrogen and oxygen atoms in total. The second kappa shape index (κ2) is 4.85. The Balaban J connectivity index is 1.79. The van der Waals surface area contributed by atoms with Gasteiger partial charge in [0.05, 0.1) is 13.2 Å². The van der Waals surface area contributed by atoms with Gasteiger partial charge in [-0.15, -0.1) is 0 Å². The van der Waals surface area contributed by atoms with E-state index in [-0.39, 0.29) is 5.54 Å². The number of hydrogen-bond acceptors (Lipinski definition) is 3. The van der Waals surface area contributed by atoms with Crippen LogP contribution < -0.4 is 11.1 Å². The molecular weight excluding hydrogens is 200 g/mol. The lowest BCUT2D eigenvalue weighted by Crippen LogP contribution is -2.40. The molecular formula is C13H20N2O. The maximum atomic E-state index is 5.74. The van der Waals surface area contributed by atoms with Crippen LogP contribution in [0.5, 0.6) is 0 Å². The lowest BCUT2D eigenvalue weighted by Gasteiger charge is -2.23. The van der Waals surface area contributed by atoms with E-state index in [9.17, 15) is 0 Å². The molecule has 0 aliphatic carbocycles. The Hall–Kier alpha value is -1.06. The van der Waals surface area contributed by atoms with Crippen molar-refractivity contribution in [2.24, 2.45) is 0 Å². The zero-order valence-electron chi connectivity index (χ0n) is 9.83. The van der Waals surface area contributed by atoms with Crippen LogP contribution >= 0.6 is 0 Å². The summed E-state index contributed by atoms with van der Waals surface area (Å²) in [5.74, 6) is 0. The summed E-state index contributed by atoms with van der Waals surface area (Å²) in [5, 5.41) is 3.48. The average molecular weight is 220 g/mol. The number of benzene rings is 1. The quantitative estimate of drug-likeness (QED) is 0.762. The fourth-order valence-electron chi connectivity index (χ4n) is 2.16. The van der Waals surface area contributed by atoms with Gasteiger partial charge in [0.2, 0.25) is 0 Å². The van der Waals surface area contributed by atoms with E-state index in [1.54, 1.807) is 0 Å².